The van der Waals surface area contributed by atoms with Crippen LogP contribution in [0.25, 0.3) is 0 Å². The second kappa shape index (κ2) is 10.4. The molecule has 0 saturated heterocycles. The highest BCUT2D eigenvalue weighted by Crippen LogP contribution is 2.31. The van der Waals surface area contributed by atoms with E-state index in [1.807, 2.05) is 6.07 Å². The summed E-state index contributed by atoms with van der Waals surface area (Å²) in [5, 5.41) is 13.7. The number of imide groups is 1. The van der Waals surface area contributed by atoms with Crippen molar-refractivity contribution in [3.05, 3.63) is 87.0 Å². The molecule has 0 spiro atoms. The van der Waals surface area contributed by atoms with Gasteiger partial charge in [0.25, 0.3) is 23.4 Å². The Morgan fingerprint density at radius 3 is 2.22 bits per heavy atom. The fourth-order valence-electron chi connectivity index (χ4n) is 4.01. The summed E-state index contributed by atoms with van der Waals surface area (Å²) in [7, 11) is 4.42. The lowest BCUT2D eigenvalue weighted by molar-refractivity contribution is -0.384. The number of hydrogen-bond acceptors (Lipinski definition) is 8. The Balaban J connectivity index is 1.51. The molecule has 0 saturated carbocycles. The number of nitrogens with one attached hydrogen (secondary N) is 1. The van der Waals surface area contributed by atoms with Gasteiger partial charge in [-0.25, -0.2) is 0 Å². The zero-order valence-electron chi connectivity index (χ0n) is 20.3. The average molecular weight is 505 g/mol. The molecule has 0 aromatic heterocycles. The zero-order valence-corrected chi connectivity index (χ0v) is 20.3. The van der Waals surface area contributed by atoms with Crippen LogP contribution in [0.5, 0.6) is 17.2 Å². The molecule has 11 nitrogen and oxygen atoms in total. The molecule has 0 fully saturated rings. The number of carbonyl (C=O) groups is 3. The van der Waals surface area contributed by atoms with E-state index in [0.29, 0.717) is 17.9 Å². The van der Waals surface area contributed by atoms with Crippen molar-refractivity contribution in [2.45, 2.75) is 6.42 Å². The maximum Gasteiger partial charge on any atom is 0.271 e. The van der Waals surface area contributed by atoms with Gasteiger partial charge < -0.3 is 19.5 Å². The van der Waals surface area contributed by atoms with Crippen LogP contribution in [0.4, 0.5) is 11.4 Å². The first kappa shape index (κ1) is 25.2. The topological polar surface area (TPSA) is 137 Å². The molecule has 1 aliphatic heterocycles. The van der Waals surface area contributed by atoms with E-state index in [1.165, 1.54) is 57.7 Å². The van der Waals surface area contributed by atoms with Gasteiger partial charge in [0.05, 0.1) is 43.1 Å². The van der Waals surface area contributed by atoms with Crippen LogP contribution in [0.2, 0.25) is 0 Å². The van der Waals surface area contributed by atoms with E-state index < -0.39 is 22.6 Å². The van der Waals surface area contributed by atoms with Gasteiger partial charge in [-0.05, 0) is 48.4 Å². The van der Waals surface area contributed by atoms with Crippen molar-refractivity contribution in [2.75, 3.05) is 33.2 Å². The van der Waals surface area contributed by atoms with Crippen molar-refractivity contribution in [3.63, 3.8) is 0 Å². The lowest BCUT2D eigenvalue weighted by Gasteiger charge is -2.14. The van der Waals surface area contributed by atoms with Gasteiger partial charge in [-0.15, -0.1) is 0 Å². The van der Waals surface area contributed by atoms with Crippen molar-refractivity contribution in [1.82, 2.24) is 4.90 Å². The third kappa shape index (κ3) is 4.92. The number of non-ortho nitro benzene ring substituents is 1. The Morgan fingerprint density at radius 2 is 1.54 bits per heavy atom. The molecule has 1 N–H and O–H groups in total. The Labute approximate surface area is 211 Å². The van der Waals surface area contributed by atoms with Crippen LogP contribution in [0.3, 0.4) is 0 Å². The zero-order chi connectivity index (χ0) is 26.7. The molecule has 0 atom stereocenters. The third-order valence-corrected chi connectivity index (χ3v) is 5.95. The first-order valence-corrected chi connectivity index (χ1v) is 11.1. The summed E-state index contributed by atoms with van der Waals surface area (Å²) in [5.41, 5.74) is 1.13. The summed E-state index contributed by atoms with van der Waals surface area (Å²) in [6.07, 6.45) is 0.395. The number of hydrogen-bond donors (Lipinski definition) is 1. The SMILES string of the molecule is COc1ccc([N+](=O)[O-])cc1NC(=O)c1ccc2c(c1)C(=O)N(CCc1ccc(OC)c(OC)c1)C2=O. The number of nitro benzene ring substituents is 1. The van der Waals surface area contributed by atoms with Crippen molar-refractivity contribution < 1.29 is 33.5 Å². The van der Waals surface area contributed by atoms with Gasteiger partial charge >= 0.3 is 0 Å². The number of benzene rings is 3. The van der Waals surface area contributed by atoms with Gasteiger partial charge in [-0.1, -0.05) is 6.07 Å². The average Bonchev–Trinajstić information content (AvgIpc) is 3.15. The van der Waals surface area contributed by atoms with Crippen molar-refractivity contribution in [2.24, 2.45) is 0 Å². The Bertz CT molecular complexity index is 1420. The van der Waals surface area contributed by atoms with E-state index in [1.54, 1.807) is 12.1 Å². The van der Waals surface area contributed by atoms with Crippen molar-refractivity contribution in [3.8, 4) is 17.2 Å². The number of nitro groups is 1. The van der Waals surface area contributed by atoms with Crippen molar-refractivity contribution >= 4 is 29.1 Å². The van der Waals surface area contributed by atoms with E-state index >= 15 is 0 Å². The van der Waals surface area contributed by atoms with E-state index in [0.717, 1.165) is 10.5 Å². The van der Waals surface area contributed by atoms with Gasteiger partial charge in [0.2, 0.25) is 0 Å². The monoisotopic (exact) mass is 505 g/mol. The van der Waals surface area contributed by atoms with Crippen LogP contribution in [0, 0.1) is 10.1 Å². The van der Waals surface area contributed by atoms with Crippen LogP contribution in [-0.2, 0) is 6.42 Å². The second-order valence-electron chi connectivity index (χ2n) is 8.06. The maximum absolute atomic E-state index is 13.0. The van der Waals surface area contributed by atoms with Crippen LogP contribution in [-0.4, -0.2) is 55.4 Å². The molecule has 1 aliphatic rings. The van der Waals surface area contributed by atoms with Crippen LogP contribution < -0.4 is 19.5 Å². The predicted molar refractivity (Wildman–Crippen MR) is 133 cm³/mol. The molecule has 0 unspecified atom stereocenters. The quantitative estimate of drug-likeness (QED) is 0.264. The highest BCUT2D eigenvalue weighted by atomic mass is 16.6. The molecule has 11 heteroatoms. The largest absolute Gasteiger partial charge is 0.495 e. The summed E-state index contributed by atoms with van der Waals surface area (Å²) in [5.74, 6) is -0.243. The Kier molecular flexibility index (Phi) is 7.05. The van der Waals surface area contributed by atoms with Gasteiger partial charge in [0.15, 0.2) is 11.5 Å². The van der Waals surface area contributed by atoms with E-state index in [2.05, 4.69) is 5.32 Å². The smallest absolute Gasteiger partial charge is 0.271 e. The molecule has 1 heterocycles. The van der Waals surface area contributed by atoms with Crippen molar-refractivity contribution in [1.29, 1.82) is 0 Å². The summed E-state index contributed by atoms with van der Waals surface area (Å²) in [6, 6.07) is 13.3. The maximum atomic E-state index is 13.0. The lowest BCUT2D eigenvalue weighted by atomic mass is 10.1. The fourth-order valence-corrected chi connectivity index (χ4v) is 4.01. The summed E-state index contributed by atoms with van der Waals surface area (Å²) < 4.78 is 15.7. The summed E-state index contributed by atoms with van der Waals surface area (Å²) in [4.78, 5) is 50.5. The molecule has 4 rings (SSSR count). The molecule has 0 aliphatic carbocycles. The second-order valence-corrected chi connectivity index (χ2v) is 8.06. The molecule has 0 bridgehead atoms. The van der Waals surface area contributed by atoms with Gasteiger partial charge in [-0.3, -0.25) is 29.4 Å². The number of rotatable bonds is 9. The van der Waals surface area contributed by atoms with Gasteiger partial charge in [-0.2, -0.15) is 0 Å². The lowest BCUT2D eigenvalue weighted by Crippen LogP contribution is -2.31. The summed E-state index contributed by atoms with van der Waals surface area (Å²) >= 11 is 0. The number of nitrogens with zero attached hydrogens (tertiary/aromatic N) is 2. The van der Waals surface area contributed by atoms with E-state index in [9.17, 15) is 24.5 Å². The fraction of sp³-hybridized carbons (Fsp3) is 0.192. The van der Waals surface area contributed by atoms with Gasteiger partial charge in [0.1, 0.15) is 5.75 Å². The molecule has 37 heavy (non-hydrogen) atoms. The number of anilines is 1. The predicted octanol–water partition coefficient (Wildman–Crippen LogP) is 3.71. The Hall–Kier alpha value is -4.93. The molecule has 0 radical (unpaired) electrons. The number of fused-ring (bicyclic) bond motifs is 1. The standard InChI is InChI=1S/C26H23N3O8/c1-35-21-9-6-17(29(33)34)14-20(21)27-24(30)16-5-7-18-19(13-16)26(32)28(25(18)31)11-10-15-4-8-22(36-2)23(12-15)37-3/h4-9,12-14H,10-11H2,1-3H3,(H,27,30). The van der Waals surface area contributed by atoms with Crippen LogP contribution in [0.15, 0.2) is 54.6 Å². The number of methoxy groups -OCH3 is 3. The molecule has 3 aromatic rings. The number of ether oxygens (including phenoxy) is 3. The molecule has 190 valence electrons. The number of amides is 3. The molecular formula is C26H23N3O8. The highest BCUT2D eigenvalue weighted by molar-refractivity contribution is 6.22. The van der Waals surface area contributed by atoms with Crippen LogP contribution >= 0.6 is 0 Å². The molecule has 3 amide bonds. The molecular weight excluding hydrogens is 482 g/mol. The first-order chi connectivity index (χ1) is 17.8. The highest BCUT2D eigenvalue weighted by Gasteiger charge is 2.35. The summed E-state index contributed by atoms with van der Waals surface area (Å²) in [6.45, 7) is 0.133. The third-order valence-electron chi connectivity index (χ3n) is 5.95. The molecule has 3 aromatic carbocycles. The normalized spacial score (nSPS) is 12.2. The first-order valence-electron chi connectivity index (χ1n) is 11.1. The minimum Gasteiger partial charge on any atom is -0.495 e. The van der Waals surface area contributed by atoms with Gasteiger partial charge in [0, 0.05) is 24.2 Å². The minimum atomic E-state index is -0.620. The number of carbonyl (C=O) groups excluding carboxylic acids is 3. The van der Waals surface area contributed by atoms with E-state index in [4.69, 9.17) is 14.2 Å². The van der Waals surface area contributed by atoms with Crippen LogP contribution in [0.1, 0.15) is 36.6 Å². The minimum absolute atomic E-state index is 0.0983. The van der Waals surface area contributed by atoms with E-state index in [-0.39, 0.29) is 40.4 Å². The Morgan fingerprint density at radius 1 is 0.865 bits per heavy atom.